The molecule has 2 aromatic rings. The van der Waals surface area contributed by atoms with E-state index in [-0.39, 0.29) is 5.41 Å². The molecule has 0 unspecified atom stereocenters. The van der Waals surface area contributed by atoms with Crippen LogP contribution in [0.4, 0.5) is 0 Å². The topological polar surface area (TPSA) is 0 Å². The second kappa shape index (κ2) is 11.6. The van der Waals surface area contributed by atoms with Crippen LogP contribution in [-0.4, -0.2) is 64.3 Å². The molecule has 3 rings (SSSR count). The minimum Gasteiger partial charge on any atom is -0.331 e. The van der Waals surface area contributed by atoms with E-state index in [1.165, 1.54) is 99.6 Å². The molecule has 35 heavy (non-hydrogen) atoms. The summed E-state index contributed by atoms with van der Waals surface area (Å²) < 4.78 is 2.16. The first-order chi connectivity index (χ1) is 16.4. The average Bonchev–Trinajstić information content (AvgIpc) is 3.00. The zero-order chi connectivity index (χ0) is 25.7. The normalized spacial score (nSPS) is 14.7. The second-order valence-corrected chi connectivity index (χ2v) is 13.5. The number of hydrogen-bond donors (Lipinski definition) is 0. The molecule has 0 aliphatic heterocycles. The van der Waals surface area contributed by atoms with Gasteiger partial charge in [0.1, 0.15) is 0 Å². The molecule has 0 fully saturated rings. The van der Waals surface area contributed by atoms with E-state index in [9.17, 15) is 0 Å². The van der Waals surface area contributed by atoms with Crippen molar-refractivity contribution in [1.82, 2.24) is 0 Å². The number of fused-ring (bicyclic) bond motifs is 3. The smallest absolute Gasteiger partial charge is 0.0780 e. The summed E-state index contributed by atoms with van der Waals surface area (Å²) in [7, 11) is 13.9. The molecule has 0 radical (unpaired) electrons. The van der Waals surface area contributed by atoms with E-state index in [1.54, 1.807) is 11.1 Å². The van der Waals surface area contributed by atoms with E-state index in [4.69, 9.17) is 0 Å². The Morgan fingerprint density at radius 1 is 0.514 bits per heavy atom. The summed E-state index contributed by atoms with van der Waals surface area (Å²) in [4.78, 5) is 0. The average molecular weight is 479 g/mol. The van der Waals surface area contributed by atoms with E-state index >= 15 is 0 Å². The van der Waals surface area contributed by atoms with Crippen molar-refractivity contribution in [3.63, 3.8) is 0 Å². The zero-order valence-corrected chi connectivity index (χ0v) is 24.3. The van der Waals surface area contributed by atoms with Crippen molar-refractivity contribution >= 4 is 0 Å². The van der Waals surface area contributed by atoms with Gasteiger partial charge in [-0.3, -0.25) is 0 Å². The summed E-state index contributed by atoms with van der Waals surface area (Å²) in [6.07, 6.45) is 13.4. The van der Waals surface area contributed by atoms with Crippen LogP contribution in [0.25, 0.3) is 11.1 Å². The molecule has 0 atom stereocenters. The monoisotopic (exact) mass is 478 g/mol. The van der Waals surface area contributed by atoms with Gasteiger partial charge in [0.25, 0.3) is 0 Å². The Labute approximate surface area is 217 Å². The highest BCUT2D eigenvalue weighted by Crippen LogP contribution is 2.54. The van der Waals surface area contributed by atoms with Crippen LogP contribution in [-0.2, 0) is 5.41 Å². The fourth-order valence-corrected chi connectivity index (χ4v) is 6.12. The third kappa shape index (κ3) is 7.67. The molecule has 0 saturated carbocycles. The van der Waals surface area contributed by atoms with Crippen LogP contribution in [0.15, 0.2) is 36.4 Å². The van der Waals surface area contributed by atoms with Gasteiger partial charge < -0.3 is 8.97 Å². The third-order valence-electron chi connectivity index (χ3n) is 8.04. The van der Waals surface area contributed by atoms with Crippen LogP contribution in [0.5, 0.6) is 0 Å². The van der Waals surface area contributed by atoms with E-state index in [0.717, 1.165) is 8.97 Å². The van der Waals surface area contributed by atoms with Crippen molar-refractivity contribution in [2.75, 3.05) is 55.4 Å². The van der Waals surface area contributed by atoms with Gasteiger partial charge >= 0.3 is 0 Å². The van der Waals surface area contributed by atoms with E-state index in [0.29, 0.717) is 0 Å². The van der Waals surface area contributed by atoms with E-state index in [2.05, 4.69) is 92.5 Å². The van der Waals surface area contributed by atoms with E-state index < -0.39 is 0 Å². The van der Waals surface area contributed by atoms with Gasteiger partial charge in [-0.2, -0.15) is 0 Å². The van der Waals surface area contributed by atoms with Crippen molar-refractivity contribution in [3.05, 3.63) is 58.7 Å². The predicted octanol–water partition coefficient (Wildman–Crippen LogP) is 7.88. The highest BCUT2D eigenvalue weighted by atomic mass is 15.3. The number of aryl methyl sites for hydroxylation is 2. The van der Waals surface area contributed by atoms with Gasteiger partial charge in [0, 0.05) is 5.41 Å². The van der Waals surface area contributed by atoms with Crippen molar-refractivity contribution in [2.45, 2.75) is 83.5 Å². The predicted molar refractivity (Wildman–Crippen MR) is 154 cm³/mol. The molecule has 2 aromatic carbocycles. The van der Waals surface area contributed by atoms with Crippen LogP contribution < -0.4 is 0 Å². The Balaban J connectivity index is 1.77. The fraction of sp³-hybridized carbons (Fsp3) is 0.636. The largest absolute Gasteiger partial charge is 0.331 e. The number of unbranched alkanes of at least 4 members (excludes halogenated alkanes) is 6. The molecular formula is C33H54N2+2. The highest BCUT2D eigenvalue weighted by molar-refractivity contribution is 5.81. The SMILES string of the molecule is Cc1ccc2c(c1)C(CCCCCC[N+](C)(C)C)(CCCCCC[N+](C)(C)C)c1cc(C)ccc1-2. The molecule has 0 amide bonds. The molecule has 0 aromatic heterocycles. The fourth-order valence-electron chi connectivity index (χ4n) is 6.12. The van der Waals surface area contributed by atoms with Gasteiger partial charge in [-0.25, -0.2) is 0 Å². The summed E-state index contributed by atoms with van der Waals surface area (Å²) in [5.74, 6) is 0. The van der Waals surface area contributed by atoms with Crippen molar-refractivity contribution in [1.29, 1.82) is 0 Å². The lowest BCUT2D eigenvalue weighted by molar-refractivity contribution is -0.870. The summed E-state index contributed by atoms with van der Waals surface area (Å²) >= 11 is 0. The molecule has 0 heterocycles. The minimum absolute atomic E-state index is 0.197. The lowest BCUT2D eigenvalue weighted by Crippen LogP contribution is -2.35. The number of benzene rings is 2. The van der Waals surface area contributed by atoms with Crippen LogP contribution in [0.1, 0.15) is 86.5 Å². The van der Waals surface area contributed by atoms with E-state index in [1.807, 2.05) is 0 Å². The maximum atomic E-state index is 2.53. The molecular weight excluding hydrogens is 424 g/mol. The quantitative estimate of drug-likeness (QED) is 0.191. The van der Waals surface area contributed by atoms with Gasteiger partial charge in [-0.1, -0.05) is 73.2 Å². The first kappa shape index (κ1) is 27.9. The maximum absolute atomic E-state index is 2.53. The number of nitrogens with zero attached hydrogens (tertiary/aromatic N) is 2. The molecule has 194 valence electrons. The Bertz CT molecular complexity index is 879. The lowest BCUT2D eigenvalue weighted by atomic mass is 9.70. The maximum Gasteiger partial charge on any atom is 0.0780 e. The van der Waals surface area contributed by atoms with Gasteiger partial charge in [-0.05, 0) is 74.6 Å². The van der Waals surface area contributed by atoms with Crippen molar-refractivity contribution in [3.8, 4) is 11.1 Å². The summed E-state index contributed by atoms with van der Waals surface area (Å²) in [6, 6.07) is 14.5. The minimum atomic E-state index is 0.197. The van der Waals surface area contributed by atoms with Crippen LogP contribution in [0, 0.1) is 13.8 Å². The van der Waals surface area contributed by atoms with Crippen LogP contribution in [0.3, 0.4) is 0 Å². The Morgan fingerprint density at radius 3 is 1.26 bits per heavy atom. The first-order valence-corrected chi connectivity index (χ1v) is 14.2. The summed E-state index contributed by atoms with van der Waals surface area (Å²) in [5.41, 5.74) is 9.25. The van der Waals surface area contributed by atoms with Crippen LogP contribution in [0.2, 0.25) is 0 Å². The van der Waals surface area contributed by atoms with Crippen LogP contribution >= 0.6 is 0 Å². The molecule has 0 N–H and O–H groups in total. The van der Waals surface area contributed by atoms with Gasteiger partial charge in [-0.15, -0.1) is 0 Å². The van der Waals surface area contributed by atoms with Gasteiger partial charge in [0.05, 0.1) is 55.4 Å². The molecule has 1 aliphatic rings. The second-order valence-electron chi connectivity index (χ2n) is 13.5. The molecule has 0 saturated heterocycles. The standard InChI is InChI=1S/C33H54N2/c1-27-17-19-29-30-20-18-28(2)26-32(30)33(31(29)25-27,21-13-9-11-15-23-34(3,4)5)22-14-10-12-16-24-35(6,7)8/h17-20,25-26H,9-16,21-24H2,1-8H3/q+2. The van der Waals surface area contributed by atoms with Crippen molar-refractivity contribution < 1.29 is 8.97 Å². The Morgan fingerprint density at radius 2 is 0.886 bits per heavy atom. The summed E-state index contributed by atoms with van der Waals surface area (Å²) in [5, 5.41) is 0. The molecule has 2 nitrogen and oxygen atoms in total. The summed E-state index contributed by atoms with van der Waals surface area (Å²) in [6.45, 7) is 7.11. The first-order valence-electron chi connectivity index (χ1n) is 14.2. The third-order valence-corrected chi connectivity index (χ3v) is 8.04. The number of rotatable bonds is 14. The highest BCUT2D eigenvalue weighted by Gasteiger charge is 2.42. The number of quaternary nitrogens is 2. The van der Waals surface area contributed by atoms with Crippen molar-refractivity contribution in [2.24, 2.45) is 0 Å². The lowest BCUT2D eigenvalue weighted by Gasteiger charge is -2.33. The Kier molecular flexibility index (Phi) is 9.27. The molecule has 0 bridgehead atoms. The number of hydrogen-bond acceptors (Lipinski definition) is 0. The zero-order valence-electron chi connectivity index (χ0n) is 24.3. The molecule has 0 spiro atoms. The molecule has 1 aliphatic carbocycles. The molecule has 2 heteroatoms. The Hall–Kier alpha value is -1.64. The van der Waals surface area contributed by atoms with Gasteiger partial charge in [0.2, 0.25) is 0 Å². The van der Waals surface area contributed by atoms with Gasteiger partial charge in [0.15, 0.2) is 0 Å².